The van der Waals surface area contributed by atoms with Gasteiger partial charge in [-0.2, -0.15) is 16.6 Å². The van der Waals surface area contributed by atoms with E-state index >= 15 is 0 Å². The van der Waals surface area contributed by atoms with Crippen molar-refractivity contribution in [1.29, 1.82) is 5.26 Å². The molecule has 1 heterocycles. The third-order valence-corrected chi connectivity index (χ3v) is 2.96. The van der Waals surface area contributed by atoms with Crippen LogP contribution in [-0.4, -0.2) is 0 Å². The molecule has 2 unspecified atom stereocenters. The van der Waals surface area contributed by atoms with Crippen LogP contribution in [0.25, 0.3) is 0 Å². The summed E-state index contributed by atoms with van der Waals surface area (Å²) in [6.45, 7) is 4.26. The van der Waals surface area contributed by atoms with E-state index in [-0.39, 0.29) is 5.92 Å². The lowest BCUT2D eigenvalue weighted by molar-refractivity contribution is 0.515. The third-order valence-electron chi connectivity index (χ3n) is 2.25. The topological polar surface area (TPSA) is 23.8 Å². The predicted molar refractivity (Wildman–Crippen MR) is 52.1 cm³/mol. The maximum absolute atomic E-state index is 8.95. The molecule has 2 heteroatoms. The van der Waals surface area contributed by atoms with Gasteiger partial charge in [-0.25, -0.2) is 0 Å². The number of nitrogens with zero attached hydrogens (tertiary/aromatic N) is 1. The quantitative estimate of drug-likeness (QED) is 0.697. The first-order chi connectivity index (χ1) is 5.79. The Kier molecular flexibility index (Phi) is 3.31. The van der Waals surface area contributed by atoms with Crippen molar-refractivity contribution >= 4 is 11.3 Å². The van der Waals surface area contributed by atoms with Crippen LogP contribution in [0.1, 0.15) is 31.7 Å². The lowest BCUT2D eigenvalue weighted by atomic mass is 9.88. The molecule has 0 fully saturated rings. The average molecular weight is 179 g/mol. The van der Waals surface area contributed by atoms with E-state index in [2.05, 4.69) is 25.3 Å². The van der Waals surface area contributed by atoms with Gasteiger partial charge in [0, 0.05) is 0 Å². The SMILES string of the molecule is CCC(C)C(C#N)c1ccsc1. The molecule has 1 nitrogen and oxygen atoms in total. The summed E-state index contributed by atoms with van der Waals surface area (Å²) in [4.78, 5) is 0. The summed E-state index contributed by atoms with van der Waals surface area (Å²) in [5.74, 6) is 0.547. The monoisotopic (exact) mass is 179 g/mol. The molecule has 0 amide bonds. The predicted octanol–water partition coefficient (Wildman–Crippen LogP) is 3.40. The van der Waals surface area contributed by atoms with Crippen LogP contribution in [-0.2, 0) is 0 Å². The second-order valence-electron chi connectivity index (χ2n) is 3.05. The van der Waals surface area contributed by atoms with Gasteiger partial charge in [0.1, 0.15) is 0 Å². The highest BCUT2D eigenvalue weighted by Gasteiger charge is 2.16. The Morgan fingerprint density at radius 1 is 1.67 bits per heavy atom. The molecule has 0 aliphatic carbocycles. The smallest absolute Gasteiger partial charge is 0.0746 e. The Balaban J connectivity index is 2.78. The molecule has 2 atom stereocenters. The average Bonchev–Trinajstić information content (AvgIpc) is 2.58. The summed E-state index contributed by atoms with van der Waals surface area (Å²) in [7, 11) is 0. The van der Waals surface area contributed by atoms with Crippen LogP contribution < -0.4 is 0 Å². The number of hydrogen-bond donors (Lipinski definition) is 0. The van der Waals surface area contributed by atoms with Gasteiger partial charge in [-0.15, -0.1) is 0 Å². The van der Waals surface area contributed by atoms with E-state index in [1.165, 1.54) is 5.56 Å². The van der Waals surface area contributed by atoms with Crippen LogP contribution in [0, 0.1) is 17.2 Å². The first-order valence-corrected chi connectivity index (χ1v) is 5.15. The van der Waals surface area contributed by atoms with E-state index < -0.39 is 0 Å². The van der Waals surface area contributed by atoms with Crippen LogP contribution in [0.4, 0.5) is 0 Å². The van der Waals surface area contributed by atoms with Gasteiger partial charge >= 0.3 is 0 Å². The van der Waals surface area contributed by atoms with Crippen LogP contribution in [0.15, 0.2) is 16.8 Å². The molecule has 12 heavy (non-hydrogen) atoms. The van der Waals surface area contributed by atoms with Crippen molar-refractivity contribution in [2.75, 3.05) is 0 Å². The minimum atomic E-state index is 0.0845. The van der Waals surface area contributed by atoms with E-state index in [0.29, 0.717) is 5.92 Å². The first-order valence-electron chi connectivity index (χ1n) is 4.21. The van der Waals surface area contributed by atoms with E-state index in [4.69, 9.17) is 5.26 Å². The molecular weight excluding hydrogens is 166 g/mol. The largest absolute Gasteiger partial charge is 0.198 e. The minimum absolute atomic E-state index is 0.0845. The van der Waals surface area contributed by atoms with Crippen LogP contribution in [0.3, 0.4) is 0 Å². The first kappa shape index (κ1) is 9.28. The molecule has 0 N–H and O–H groups in total. The Morgan fingerprint density at radius 2 is 2.42 bits per heavy atom. The van der Waals surface area contributed by atoms with Gasteiger partial charge in [-0.3, -0.25) is 0 Å². The van der Waals surface area contributed by atoms with Crippen molar-refractivity contribution < 1.29 is 0 Å². The number of nitriles is 1. The summed E-state index contributed by atoms with van der Waals surface area (Å²) in [6, 6.07) is 4.41. The highest BCUT2D eigenvalue weighted by Crippen LogP contribution is 2.27. The summed E-state index contributed by atoms with van der Waals surface area (Å²) < 4.78 is 0. The third kappa shape index (κ3) is 1.86. The second-order valence-corrected chi connectivity index (χ2v) is 3.83. The summed E-state index contributed by atoms with van der Waals surface area (Å²) in [5, 5.41) is 13.1. The van der Waals surface area contributed by atoms with E-state index in [1.54, 1.807) is 11.3 Å². The Hall–Kier alpha value is -0.810. The normalized spacial score (nSPS) is 15.1. The number of rotatable bonds is 3. The van der Waals surface area contributed by atoms with Gasteiger partial charge in [-0.05, 0) is 28.3 Å². The van der Waals surface area contributed by atoms with Crippen molar-refractivity contribution in [2.45, 2.75) is 26.2 Å². The molecule has 0 aliphatic rings. The highest BCUT2D eigenvalue weighted by molar-refractivity contribution is 7.08. The molecule has 0 saturated heterocycles. The van der Waals surface area contributed by atoms with Crippen molar-refractivity contribution in [2.24, 2.45) is 5.92 Å². The molecule has 0 aromatic carbocycles. The number of hydrogen-bond acceptors (Lipinski definition) is 2. The van der Waals surface area contributed by atoms with Crippen molar-refractivity contribution in [3.63, 3.8) is 0 Å². The van der Waals surface area contributed by atoms with E-state index in [0.717, 1.165) is 6.42 Å². The van der Waals surface area contributed by atoms with Crippen molar-refractivity contribution in [1.82, 2.24) is 0 Å². The Morgan fingerprint density at radius 3 is 2.83 bits per heavy atom. The van der Waals surface area contributed by atoms with Gasteiger partial charge in [0.05, 0.1) is 12.0 Å². The Labute approximate surface area is 77.7 Å². The molecular formula is C10H13NS. The van der Waals surface area contributed by atoms with Gasteiger partial charge < -0.3 is 0 Å². The summed E-state index contributed by atoms with van der Waals surface area (Å²) in [5.41, 5.74) is 1.18. The molecule has 0 saturated carbocycles. The molecule has 64 valence electrons. The molecule has 1 aromatic rings. The van der Waals surface area contributed by atoms with Crippen LogP contribution in [0.2, 0.25) is 0 Å². The molecule has 0 spiro atoms. The Bertz CT molecular complexity index is 258. The summed E-state index contributed by atoms with van der Waals surface area (Å²) in [6.07, 6.45) is 1.06. The standard InChI is InChI=1S/C10H13NS/c1-3-8(2)10(6-11)9-4-5-12-7-9/h4-5,7-8,10H,3H2,1-2H3. The fourth-order valence-electron chi connectivity index (χ4n) is 1.22. The molecule has 1 aromatic heterocycles. The van der Waals surface area contributed by atoms with E-state index in [1.807, 2.05) is 11.4 Å². The van der Waals surface area contributed by atoms with Crippen LogP contribution >= 0.6 is 11.3 Å². The maximum Gasteiger partial charge on any atom is 0.0746 e. The van der Waals surface area contributed by atoms with Crippen molar-refractivity contribution in [3.05, 3.63) is 22.4 Å². The molecule has 0 bridgehead atoms. The highest BCUT2D eigenvalue weighted by atomic mass is 32.1. The van der Waals surface area contributed by atoms with Crippen LogP contribution in [0.5, 0.6) is 0 Å². The van der Waals surface area contributed by atoms with Gasteiger partial charge in [0.2, 0.25) is 0 Å². The van der Waals surface area contributed by atoms with Gasteiger partial charge in [0.15, 0.2) is 0 Å². The zero-order valence-electron chi connectivity index (χ0n) is 7.45. The molecule has 0 aliphatic heterocycles. The lowest BCUT2D eigenvalue weighted by Crippen LogP contribution is -2.05. The fourth-order valence-corrected chi connectivity index (χ4v) is 1.91. The van der Waals surface area contributed by atoms with E-state index in [9.17, 15) is 0 Å². The minimum Gasteiger partial charge on any atom is -0.198 e. The van der Waals surface area contributed by atoms with Gasteiger partial charge in [-0.1, -0.05) is 20.3 Å². The maximum atomic E-state index is 8.95. The zero-order chi connectivity index (χ0) is 8.97. The zero-order valence-corrected chi connectivity index (χ0v) is 8.27. The number of thiophene rings is 1. The molecule has 0 radical (unpaired) electrons. The summed E-state index contributed by atoms with van der Waals surface area (Å²) >= 11 is 1.66. The van der Waals surface area contributed by atoms with Gasteiger partial charge in [0.25, 0.3) is 0 Å². The lowest BCUT2D eigenvalue weighted by Gasteiger charge is -2.13. The fraction of sp³-hybridized carbons (Fsp3) is 0.500. The second kappa shape index (κ2) is 4.27. The van der Waals surface area contributed by atoms with Crippen molar-refractivity contribution in [3.8, 4) is 6.07 Å². The molecule has 1 rings (SSSR count).